The predicted molar refractivity (Wildman–Crippen MR) is 84.0 cm³/mol. The Bertz CT molecular complexity index is 494. The summed E-state index contributed by atoms with van der Waals surface area (Å²) in [6.45, 7) is 4.21. The first-order chi connectivity index (χ1) is 9.63. The first-order valence-corrected chi connectivity index (χ1v) is 8.61. The molecular formula is C17H23NOS. The van der Waals surface area contributed by atoms with Gasteiger partial charge in [-0.2, -0.15) is 0 Å². The SMILES string of the molecule is Cc1ccc(C)c(SCC(=O)NC(C2CC2)C2CC2)c1. The van der Waals surface area contributed by atoms with Crippen molar-refractivity contribution in [1.82, 2.24) is 5.32 Å². The lowest BCUT2D eigenvalue weighted by molar-refractivity contribution is -0.119. The van der Waals surface area contributed by atoms with E-state index in [1.165, 1.54) is 41.7 Å². The number of carbonyl (C=O) groups excluding carboxylic acids is 1. The number of hydrogen-bond donors (Lipinski definition) is 1. The Morgan fingerprint density at radius 1 is 1.25 bits per heavy atom. The number of carbonyl (C=O) groups is 1. The molecule has 0 aromatic heterocycles. The minimum Gasteiger partial charge on any atom is -0.352 e. The number of hydrogen-bond acceptors (Lipinski definition) is 2. The second-order valence-electron chi connectivity index (χ2n) is 6.33. The van der Waals surface area contributed by atoms with Gasteiger partial charge >= 0.3 is 0 Å². The number of benzene rings is 1. The summed E-state index contributed by atoms with van der Waals surface area (Å²) in [6.07, 6.45) is 5.24. The van der Waals surface area contributed by atoms with Crippen molar-refractivity contribution in [2.45, 2.75) is 50.5 Å². The molecule has 1 N–H and O–H groups in total. The molecule has 1 aromatic rings. The fraction of sp³-hybridized carbons (Fsp3) is 0.588. The van der Waals surface area contributed by atoms with E-state index in [0.29, 0.717) is 11.8 Å². The summed E-state index contributed by atoms with van der Waals surface area (Å²) < 4.78 is 0. The molecular weight excluding hydrogens is 266 g/mol. The molecule has 108 valence electrons. The van der Waals surface area contributed by atoms with Gasteiger partial charge in [0.15, 0.2) is 0 Å². The second kappa shape index (κ2) is 5.80. The number of thioether (sulfide) groups is 1. The standard InChI is InChI=1S/C17H23NOS/c1-11-3-4-12(2)15(9-11)20-10-16(19)18-17(13-5-6-13)14-7-8-14/h3-4,9,13-14,17H,5-8,10H2,1-2H3,(H,18,19). The maximum atomic E-state index is 12.2. The largest absolute Gasteiger partial charge is 0.352 e. The molecule has 1 aromatic carbocycles. The van der Waals surface area contributed by atoms with E-state index in [9.17, 15) is 4.79 Å². The summed E-state index contributed by atoms with van der Waals surface area (Å²) in [5.74, 6) is 2.30. The summed E-state index contributed by atoms with van der Waals surface area (Å²) in [5.41, 5.74) is 2.52. The summed E-state index contributed by atoms with van der Waals surface area (Å²) in [4.78, 5) is 13.4. The van der Waals surface area contributed by atoms with Gasteiger partial charge in [0.25, 0.3) is 0 Å². The van der Waals surface area contributed by atoms with E-state index in [2.05, 4.69) is 37.4 Å². The van der Waals surface area contributed by atoms with Crippen LogP contribution in [-0.2, 0) is 4.79 Å². The van der Waals surface area contributed by atoms with Crippen molar-refractivity contribution in [1.29, 1.82) is 0 Å². The zero-order valence-electron chi connectivity index (χ0n) is 12.3. The van der Waals surface area contributed by atoms with Crippen molar-refractivity contribution >= 4 is 17.7 Å². The Hall–Kier alpha value is -0.960. The Kier molecular flexibility index (Phi) is 4.06. The van der Waals surface area contributed by atoms with Gasteiger partial charge in [0.2, 0.25) is 5.91 Å². The number of nitrogens with one attached hydrogen (secondary N) is 1. The highest BCUT2D eigenvalue weighted by Crippen LogP contribution is 2.44. The van der Waals surface area contributed by atoms with Crippen LogP contribution in [-0.4, -0.2) is 17.7 Å². The van der Waals surface area contributed by atoms with Gasteiger partial charge in [-0.05, 0) is 63.0 Å². The lowest BCUT2D eigenvalue weighted by Gasteiger charge is -2.17. The highest BCUT2D eigenvalue weighted by Gasteiger charge is 2.42. The van der Waals surface area contributed by atoms with Crippen LogP contribution in [0.15, 0.2) is 23.1 Å². The smallest absolute Gasteiger partial charge is 0.230 e. The van der Waals surface area contributed by atoms with Gasteiger partial charge in [-0.3, -0.25) is 4.79 Å². The van der Waals surface area contributed by atoms with E-state index in [-0.39, 0.29) is 5.91 Å². The van der Waals surface area contributed by atoms with Crippen LogP contribution in [0, 0.1) is 25.7 Å². The second-order valence-corrected chi connectivity index (χ2v) is 7.34. The molecule has 0 aliphatic heterocycles. The van der Waals surface area contributed by atoms with E-state index in [1.54, 1.807) is 11.8 Å². The van der Waals surface area contributed by atoms with E-state index in [4.69, 9.17) is 0 Å². The van der Waals surface area contributed by atoms with Gasteiger partial charge in [0.1, 0.15) is 0 Å². The van der Waals surface area contributed by atoms with Gasteiger partial charge < -0.3 is 5.32 Å². The third-order valence-corrected chi connectivity index (χ3v) is 5.45. The van der Waals surface area contributed by atoms with E-state index < -0.39 is 0 Å². The monoisotopic (exact) mass is 289 g/mol. The number of amides is 1. The fourth-order valence-corrected chi connectivity index (χ4v) is 3.70. The molecule has 0 saturated heterocycles. The van der Waals surface area contributed by atoms with Gasteiger partial charge in [0.05, 0.1) is 5.75 Å². The molecule has 20 heavy (non-hydrogen) atoms. The van der Waals surface area contributed by atoms with Crippen molar-refractivity contribution in [2.24, 2.45) is 11.8 Å². The van der Waals surface area contributed by atoms with E-state index in [0.717, 1.165) is 11.8 Å². The Morgan fingerprint density at radius 3 is 2.50 bits per heavy atom. The van der Waals surface area contributed by atoms with Crippen molar-refractivity contribution in [3.8, 4) is 0 Å². The molecule has 0 atom stereocenters. The van der Waals surface area contributed by atoms with Crippen LogP contribution in [0.5, 0.6) is 0 Å². The average Bonchev–Trinajstić information content (AvgIpc) is 3.28. The molecule has 3 rings (SSSR count). The van der Waals surface area contributed by atoms with E-state index in [1.807, 2.05) is 0 Å². The first kappa shape index (κ1) is 14.0. The van der Waals surface area contributed by atoms with Gasteiger partial charge in [-0.15, -0.1) is 11.8 Å². The molecule has 2 aliphatic rings. The molecule has 1 amide bonds. The molecule has 3 heteroatoms. The lowest BCUT2D eigenvalue weighted by Crippen LogP contribution is -2.39. The van der Waals surface area contributed by atoms with Gasteiger partial charge in [-0.25, -0.2) is 0 Å². The van der Waals surface area contributed by atoms with E-state index >= 15 is 0 Å². The molecule has 2 saturated carbocycles. The van der Waals surface area contributed by atoms with Crippen molar-refractivity contribution in [3.63, 3.8) is 0 Å². The quantitative estimate of drug-likeness (QED) is 0.809. The number of aryl methyl sites for hydroxylation is 2. The third kappa shape index (κ3) is 3.57. The molecule has 2 fully saturated rings. The Balaban J connectivity index is 1.52. The van der Waals surface area contributed by atoms with Crippen LogP contribution >= 0.6 is 11.8 Å². The zero-order valence-corrected chi connectivity index (χ0v) is 13.1. The van der Waals surface area contributed by atoms with Crippen molar-refractivity contribution in [3.05, 3.63) is 29.3 Å². The van der Waals surface area contributed by atoms with Crippen LogP contribution in [0.1, 0.15) is 36.8 Å². The van der Waals surface area contributed by atoms with Crippen LogP contribution in [0.3, 0.4) is 0 Å². The first-order valence-electron chi connectivity index (χ1n) is 7.63. The van der Waals surface area contributed by atoms with Crippen molar-refractivity contribution < 1.29 is 4.79 Å². The minimum absolute atomic E-state index is 0.208. The molecule has 0 radical (unpaired) electrons. The minimum atomic E-state index is 0.208. The highest BCUT2D eigenvalue weighted by molar-refractivity contribution is 8.00. The number of rotatable bonds is 6. The average molecular weight is 289 g/mol. The van der Waals surface area contributed by atoms with Gasteiger partial charge in [-0.1, -0.05) is 17.7 Å². The van der Waals surface area contributed by atoms with Crippen LogP contribution in [0.4, 0.5) is 0 Å². The summed E-state index contributed by atoms with van der Waals surface area (Å²) in [5, 5.41) is 3.29. The highest BCUT2D eigenvalue weighted by atomic mass is 32.2. The Morgan fingerprint density at radius 2 is 1.90 bits per heavy atom. The maximum absolute atomic E-state index is 12.2. The molecule has 0 spiro atoms. The van der Waals surface area contributed by atoms with Crippen LogP contribution < -0.4 is 5.32 Å². The summed E-state index contributed by atoms with van der Waals surface area (Å²) >= 11 is 1.66. The molecule has 2 aliphatic carbocycles. The van der Waals surface area contributed by atoms with Crippen LogP contribution in [0.25, 0.3) is 0 Å². The summed E-state index contributed by atoms with van der Waals surface area (Å²) in [6, 6.07) is 6.90. The lowest BCUT2D eigenvalue weighted by atomic mass is 10.1. The molecule has 0 heterocycles. The topological polar surface area (TPSA) is 29.1 Å². The third-order valence-electron chi connectivity index (χ3n) is 4.29. The fourth-order valence-electron chi connectivity index (χ4n) is 2.76. The molecule has 0 bridgehead atoms. The zero-order chi connectivity index (χ0) is 14.1. The molecule has 2 nitrogen and oxygen atoms in total. The Labute approximate surface area is 125 Å². The molecule has 0 unspecified atom stereocenters. The van der Waals surface area contributed by atoms with Crippen LogP contribution in [0.2, 0.25) is 0 Å². The van der Waals surface area contributed by atoms with Gasteiger partial charge in [0, 0.05) is 10.9 Å². The summed E-state index contributed by atoms with van der Waals surface area (Å²) in [7, 11) is 0. The predicted octanol–water partition coefficient (Wildman–Crippen LogP) is 3.70. The normalized spacial score (nSPS) is 18.4. The van der Waals surface area contributed by atoms with Crippen molar-refractivity contribution in [2.75, 3.05) is 5.75 Å². The maximum Gasteiger partial charge on any atom is 0.230 e.